The summed E-state index contributed by atoms with van der Waals surface area (Å²) in [6.07, 6.45) is 0. The lowest BCUT2D eigenvalue weighted by Crippen LogP contribution is -2.12. The predicted molar refractivity (Wildman–Crippen MR) is 82.1 cm³/mol. The maximum atomic E-state index is 9.08. The van der Waals surface area contributed by atoms with Gasteiger partial charge in [-0.1, -0.05) is 41.9 Å². The molecule has 19 heavy (non-hydrogen) atoms. The molecular formula is C15H15BrClNO. The average molecular weight is 341 g/mol. The van der Waals surface area contributed by atoms with E-state index in [0.29, 0.717) is 0 Å². The monoisotopic (exact) mass is 339 g/mol. The first-order valence-corrected chi connectivity index (χ1v) is 7.19. The first-order valence-electron chi connectivity index (χ1n) is 6.02. The number of benzene rings is 2. The lowest BCUT2D eigenvalue weighted by atomic mass is 10.1. The van der Waals surface area contributed by atoms with Crippen LogP contribution in [-0.4, -0.2) is 5.11 Å². The van der Waals surface area contributed by atoms with E-state index in [1.165, 1.54) is 11.1 Å². The quantitative estimate of drug-likeness (QED) is 0.865. The van der Waals surface area contributed by atoms with Crippen molar-refractivity contribution in [2.45, 2.75) is 19.7 Å². The number of hydrogen-bond donors (Lipinski definition) is 2. The van der Waals surface area contributed by atoms with Crippen molar-refractivity contribution in [3.05, 3.63) is 68.7 Å². The zero-order valence-corrected chi connectivity index (χ0v) is 12.7. The summed E-state index contributed by atoms with van der Waals surface area (Å²) in [5.74, 6) is 0. The number of aliphatic hydroxyl groups excluding tert-OH is 1. The molecule has 0 radical (unpaired) electrons. The van der Waals surface area contributed by atoms with Gasteiger partial charge in [-0.25, -0.2) is 0 Å². The van der Waals surface area contributed by atoms with Crippen molar-refractivity contribution in [3.63, 3.8) is 0 Å². The molecule has 2 nitrogen and oxygen atoms in total. The third kappa shape index (κ3) is 4.32. The summed E-state index contributed by atoms with van der Waals surface area (Å²) < 4.78 is 0.913. The first kappa shape index (κ1) is 14.5. The Morgan fingerprint density at radius 1 is 1.00 bits per heavy atom. The van der Waals surface area contributed by atoms with Gasteiger partial charge in [-0.05, 0) is 44.8 Å². The van der Waals surface area contributed by atoms with Crippen LogP contribution in [-0.2, 0) is 19.7 Å². The lowest BCUT2D eigenvalue weighted by molar-refractivity contribution is 0.281. The summed E-state index contributed by atoms with van der Waals surface area (Å²) in [5.41, 5.74) is 3.28. The second-order valence-electron chi connectivity index (χ2n) is 4.33. The standard InChI is InChI=1S/C15H15BrClNO/c16-14-7-12(4-5-15(14)17)9-18-8-11-2-1-3-13(6-11)10-19/h1-7,18-19H,8-10H2. The molecule has 0 heterocycles. The minimum absolute atomic E-state index is 0.0813. The Hall–Kier alpha value is -0.870. The Morgan fingerprint density at radius 2 is 1.68 bits per heavy atom. The molecule has 2 aromatic rings. The molecule has 0 aromatic heterocycles. The summed E-state index contributed by atoms with van der Waals surface area (Å²) in [5, 5.41) is 13.2. The van der Waals surface area contributed by atoms with E-state index in [1.807, 2.05) is 42.5 Å². The Bertz CT molecular complexity index is 560. The van der Waals surface area contributed by atoms with Crippen molar-refractivity contribution in [2.75, 3.05) is 0 Å². The van der Waals surface area contributed by atoms with Crippen molar-refractivity contribution in [1.82, 2.24) is 5.32 Å². The molecule has 2 aromatic carbocycles. The highest BCUT2D eigenvalue weighted by molar-refractivity contribution is 9.10. The predicted octanol–water partition coefficient (Wildman–Crippen LogP) is 3.88. The molecule has 0 atom stereocenters. The number of nitrogens with one attached hydrogen (secondary N) is 1. The Balaban J connectivity index is 1.90. The van der Waals surface area contributed by atoms with Gasteiger partial charge in [0.05, 0.1) is 11.6 Å². The minimum atomic E-state index is 0.0813. The van der Waals surface area contributed by atoms with Crippen molar-refractivity contribution >= 4 is 27.5 Å². The summed E-state index contributed by atoms with van der Waals surface area (Å²) in [7, 11) is 0. The highest BCUT2D eigenvalue weighted by Crippen LogP contribution is 2.23. The molecular weight excluding hydrogens is 326 g/mol. The molecule has 0 saturated carbocycles. The summed E-state index contributed by atoms with van der Waals surface area (Å²) in [6, 6.07) is 13.8. The molecule has 0 amide bonds. The number of rotatable bonds is 5. The average Bonchev–Trinajstić information content (AvgIpc) is 2.43. The fraction of sp³-hybridized carbons (Fsp3) is 0.200. The second kappa shape index (κ2) is 7.06. The number of halogens is 2. The Morgan fingerprint density at radius 3 is 2.37 bits per heavy atom. The smallest absolute Gasteiger partial charge is 0.0681 e. The number of hydrogen-bond acceptors (Lipinski definition) is 2. The van der Waals surface area contributed by atoms with Gasteiger partial charge in [0, 0.05) is 17.6 Å². The fourth-order valence-corrected chi connectivity index (χ4v) is 2.38. The van der Waals surface area contributed by atoms with Gasteiger partial charge in [0.2, 0.25) is 0 Å². The Kier molecular flexibility index (Phi) is 5.40. The van der Waals surface area contributed by atoms with E-state index >= 15 is 0 Å². The van der Waals surface area contributed by atoms with Crippen LogP contribution in [0, 0.1) is 0 Å². The third-order valence-corrected chi connectivity index (χ3v) is 4.03. The highest BCUT2D eigenvalue weighted by atomic mass is 79.9. The zero-order chi connectivity index (χ0) is 13.7. The fourth-order valence-electron chi connectivity index (χ4n) is 1.84. The summed E-state index contributed by atoms with van der Waals surface area (Å²) in [6.45, 7) is 1.63. The van der Waals surface area contributed by atoms with Crippen LogP contribution in [0.1, 0.15) is 16.7 Å². The van der Waals surface area contributed by atoms with Gasteiger partial charge < -0.3 is 10.4 Å². The summed E-state index contributed by atoms with van der Waals surface area (Å²) >= 11 is 9.37. The lowest BCUT2D eigenvalue weighted by Gasteiger charge is -2.07. The van der Waals surface area contributed by atoms with Crippen LogP contribution in [0.2, 0.25) is 5.02 Å². The Labute approximate surface area is 126 Å². The summed E-state index contributed by atoms with van der Waals surface area (Å²) in [4.78, 5) is 0. The van der Waals surface area contributed by atoms with Gasteiger partial charge in [0.1, 0.15) is 0 Å². The van der Waals surface area contributed by atoms with Crippen LogP contribution in [0.5, 0.6) is 0 Å². The molecule has 0 unspecified atom stereocenters. The van der Waals surface area contributed by atoms with Crippen molar-refractivity contribution in [2.24, 2.45) is 0 Å². The molecule has 2 N–H and O–H groups in total. The van der Waals surface area contributed by atoms with E-state index in [0.717, 1.165) is 28.1 Å². The molecule has 0 saturated heterocycles. The second-order valence-corrected chi connectivity index (χ2v) is 5.59. The molecule has 0 bridgehead atoms. The van der Waals surface area contributed by atoms with Crippen LogP contribution in [0.15, 0.2) is 46.9 Å². The molecule has 0 aliphatic heterocycles. The van der Waals surface area contributed by atoms with Gasteiger partial charge in [0.15, 0.2) is 0 Å². The largest absolute Gasteiger partial charge is 0.392 e. The van der Waals surface area contributed by atoms with Gasteiger partial charge in [0.25, 0.3) is 0 Å². The normalized spacial score (nSPS) is 10.7. The van der Waals surface area contributed by atoms with E-state index in [2.05, 4.69) is 21.2 Å². The minimum Gasteiger partial charge on any atom is -0.392 e. The van der Waals surface area contributed by atoms with E-state index < -0.39 is 0 Å². The maximum absolute atomic E-state index is 9.08. The topological polar surface area (TPSA) is 32.3 Å². The van der Waals surface area contributed by atoms with Crippen LogP contribution < -0.4 is 5.32 Å². The SMILES string of the molecule is OCc1cccc(CNCc2ccc(Cl)c(Br)c2)c1. The molecule has 4 heteroatoms. The number of aliphatic hydroxyl groups is 1. The highest BCUT2D eigenvalue weighted by Gasteiger charge is 2.00. The van der Waals surface area contributed by atoms with Crippen LogP contribution in [0.4, 0.5) is 0 Å². The van der Waals surface area contributed by atoms with Crippen molar-refractivity contribution in [3.8, 4) is 0 Å². The van der Waals surface area contributed by atoms with Crippen molar-refractivity contribution in [1.29, 1.82) is 0 Å². The van der Waals surface area contributed by atoms with E-state index in [-0.39, 0.29) is 6.61 Å². The van der Waals surface area contributed by atoms with Gasteiger partial charge in [-0.2, -0.15) is 0 Å². The maximum Gasteiger partial charge on any atom is 0.0681 e. The van der Waals surface area contributed by atoms with E-state index in [9.17, 15) is 0 Å². The van der Waals surface area contributed by atoms with Crippen LogP contribution >= 0.6 is 27.5 Å². The zero-order valence-electron chi connectivity index (χ0n) is 10.4. The van der Waals surface area contributed by atoms with E-state index in [1.54, 1.807) is 0 Å². The van der Waals surface area contributed by atoms with Gasteiger partial charge in [-0.15, -0.1) is 0 Å². The van der Waals surface area contributed by atoms with Gasteiger partial charge in [-0.3, -0.25) is 0 Å². The van der Waals surface area contributed by atoms with Crippen molar-refractivity contribution < 1.29 is 5.11 Å². The van der Waals surface area contributed by atoms with E-state index in [4.69, 9.17) is 16.7 Å². The molecule has 0 aliphatic carbocycles. The molecule has 2 rings (SSSR count). The van der Waals surface area contributed by atoms with Gasteiger partial charge >= 0.3 is 0 Å². The molecule has 0 fully saturated rings. The van der Waals surface area contributed by atoms with Crippen LogP contribution in [0.25, 0.3) is 0 Å². The molecule has 0 spiro atoms. The first-order chi connectivity index (χ1) is 9.19. The van der Waals surface area contributed by atoms with Crippen LogP contribution in [0.3, 0.4) is 0 Å². The molecule has 0 aliphatic rings. The third-order valence-electron chi connectivity index (χ3n) is 2.82. The molecule has 100 valence electrons.